The molecule has 1 heterocycles. The molecule has 1 unspecified atom stereocenters. The van der Waals surface area contributed by atoms with Crippen molar-refractivity contribution in [2.45, 2.75) is 19.9 Å². The molecule has 0 radical (unpaired) electrons. The number of aromatic nitrogens is 1. The lowest BCUT2D eigenvalue weighted by Gasteiger charge is -1.98. The zero-order chi connectivity index (χ0) is 6.85. The molecular weight excluding hydrogens is 116 g/mol. The Hall–Kier alpha value is -0.830. The van der Waals surface area contributed by atoms with Gasteiger partial charge in [0.15, 0.2) is 6.39 Å². The molecule has 0 saturated carbocycles. The Kier molecular flexibility index (Phi) is 1.53. The Balaban J connectivity index is 2.94. The van der Waals surface area contributed by atoms with Gasteiger partial charge in [0.1, 0.15) is 5.76 Å². The Labute approximate surface area is 53.9 Å². The molecule has 1 aromatic heterocycles. The lowest BCUT2D eigenvalue weighted by molar-refractivity contribution is 0.473. The van der Waals surface area contributed by atoms with Gasteiger partial charge in [0.25, 0.3) is 0 Å². The van der Waals surface area contributed by atoms with Crippen molar-refractivity contribution in [1.29, 1.82) is 0 Å². The largest absolute Gasteiger partial charge is 0.447 e. The second-order valence-corrected chi connectivity index (χ2v) is 2.09. The van der Waals surface area contributed by atoms with Crippen LogP contribution in [0, 0.1) is 6.92 Å². The molecule has 2 N–H and O–H groups in total. The predicted octanol–water partition coefficient (Wildman–Crippen LogP) is 1.00. The Morgan fingerprint density at radius 1 is 1.78 bits per heavy atom. The Bertz CT molecular complexity index is 193. The van der Waals surface area contributed by atoms with E-state index in [0.29, 0.717) is 0 Å². The summed E-state index contributed by atoms with van der Waals surface area (Å²) in [5.41, 5.74) is 6.40. The van der Waals surface area contributed by atoms with E-state index in [1.807, 2.05) is 13.8 Å². The number of hydrogen-bond acceptors (Lipinski definition) is 3. The van der Waals surface area contributed by atoms with Crippen LogP contribution in [-0.4, -0.2) is 4.98 Å². The van der Waals surface area contributed by atoms with Crippen LogP contribution in [0.25, 0.3) is 0 Å². The first-order valence-corrected chi connectivity index (χ1v) is 2.87. The summed E-state index contributed by atoms with van der Waals surface area (Å²) in [7, 11) is 0. The maximum Gasteiger partial charge on any atom is 0.181 e. The van der Waals surface area contributed by atoms with Gasteiger partial charge in [0.2, 0.25) is 0 Å². The van der Waals surface area contributed by atoms with Crippen molar-refractivity contribution < 1.29 is 4.42 Å². The van der Waals surface area contributed by atoms with E-state index < -0.39 is 0 Å². The monoisotopic (exact) mass is 126 g/mol. The highest BCUT2D eigenvalue weighted by Gasteiger charge is 2.06. The molecule has 0 fully saturated rings. The zero-order valence-corrected chi connectivity index (χ0v) is 5.59. The van der Waals surface area contributed by atoms with Gasteiger partial charge in [-0.15, -0.1) is 0 Å². The van der Waals surface area contributed by atoms with E-state index >= 15 is 0 Å². The van der Waals surface area contributed by atoms with Crippen LogP contribution in [0.1, 0.15) is 24.4 Å². The van der Waals surface area contributed by atoms with Gasteiger partial charge < -0.3 is 10.2 Å². The summed E-state index contributed by atoms with van der Waals surface area (Å²) in [5, 5.41) is 0. The SMILES string of the molecule is Cc1ncoc1C(C)N. The highest BCUT2D eigenvalue weighted by molar-refractivity contribution is 5.07. The van der Waals surface area contributed by atoms with E-state index in [4.69, 9.17) is 10.2 Å². The van der Waals surface area contributed by atoms with Crippen molar-refractivity contribution in [3.05, 3.63) is 17.8 Å². The fourth-order valence-corrected chi connectivity index (χ4v) is 0.748. The lowest BCUT2D eigenvalue weighted by Crippen LogP contribution is -2.04. The van der Waals surface area contributed by atoms with E-state index in [1.165, 1.54) is 6.39 Å². The number of nitrogens with two attached hydrogens (primary N) is 1. The molecule has 0 spiro atoms. The van der Waals surface area contributed by atoms with Gasteiger partial charge in [-0.25, -0.2) is 4.98 Å². The molecule has 0 aliphatic rings. The molecule has 9 heavy (non-hydrogen) atoms. The van der Waals surface area contributed by atoms with Crippen molar-refractivity contribution >= 4 is 0 Å². The fraction of sp³-hybridized carbons (Fsp3) is 0.500. The summed E-state index contributed by atoms with van der Waals surface area (Å²) < 4.78 is 4.99. The van der Waals surface area contributed by atoms with Gasteiger partial charge in [-0.2, -0.15) is 0 Å². The summed E-state index contributed by atoms with van der Waals surface area (Å²) in [5.74, 6) is 0.773. The van der Waals surface area contributed by atoms with Crippen LogP contribution in [0.4, 0.5) is 0 Å². The topological polar surface area (TPSA) is 52.0 Å². The maximum absolute atomic E-state index is 5.53. The van der Waals surface area contributed by atoms with Crippen molar-refractivity contribution in [3.63, 3.8) is 0 Å². The van der Waals surface area contributed by atoms with Crippen molar-refractivity contribution in [2.75, 3.05) is 0 Å². The van der Waals surface area contributed by atoms with Gasteiger partial charge in [0.05, 0.1) is 11.7 Å². The van der Waals surface area contributed by atoms with E-state index in [1.54, 1.807) is 0 Å². The van der Waals surface area contributed by atoms with Gasteiger partial charge in [0, 0.05) is 0 Å². The average Bonchev–Trinajstić information content (AvgIpc) is 2.13. The van der Waals surface area contributed by atoms with Gasteiger partial charge in [-0.05, 0) is 13.8 Å². The van der Waals surface area contributed by atoms with Crippen molar-refractivity contribution in [3.8, 4) is 0 Å². The van der Waals surface area contributed by atoms with Crippen LogP contribution in [0.5, 0.6) is 0 Å². The highest BCUT2D eigenvalue weighted by Crippen LogP contribution is 2.11. The third kappa shape index (κ3) is 1.10. The summed E-state index contributed by atoms with van der Waals surface area (Å²) in [4.78, 5) is 3.89. The smallest absolute Gasteiger partial charge is 0.181 e. The average molecular weight is 126 g/mol. The minimum absolute atomic E-state index is 0.0486. The normalized spacial score (nSPS) is 13.7. The fourth-order valence-electron chi connectivity index (χ4n) is 0.748. The molecule has 0 aliphatic heterocycles. The van der Waals surface area contributed by atoms with Crippen LogP contribution >= 0.6 is 0 Å². The van der Waals surface area contributed by atoms with E-state index in [2.05, 4.69) is 4.98 Å². The Morgan fingerprint density at radius 2 is 2.44 bits per heavy atom. The number of nitrogens with zero attached hydrogens (tertiary/aromatic N) is 1. The minimum Gasteiger partial charge on any atom is -0.447 e. The van der Waals surface area contributed by atoms with Crippen molar-refractivity contribution in [2.24, 2.45) is 5.73 Å². The highest BCUT2D eigenvalue weighted by atomic mass is 16.3. The summed E-state index contributed by atoms with van der Waals surface area (Å²) >= 11 is 0. The van der Waals surface area contributed by atoms with Gasteiger partial charge >= 0.3 is 0 Å². The molecule has 0 aliphatic carbocycles. The standard InChI is InChI=1S/C6H10N2O/c1-4(7)6-5(2)8-3-9-6/h3-4H,7H2,1-2H3. The molecular formula is C6H10N2O. The molecule has 1 atom stereocenters. The van der Waals surface area contributed by atoms with Crippen LogP contribution in [0.2, 0.25) is 0 Å². The molecule has 0 amide bonds. The first-order valence-electron chi connectivity index (χ1n) is 2.87. The molecule has 0 saturated heterocycles. The second kappa shape index (κ2) is 2.19. The second-order valence-electron chi connectivity index (χ2n) is 2.09. The van der Waals surface area contributed by atoms with Crippen molar-refractivity contribution in [1.82, 2.24) is 4.98 Å². The number of aryl methyl sites for hydroxylation is 1. The van der Waals surface area contributed by atoms with Crippen LogP contribution in [0.3, 0.4) is 0 Å². The summed E-state index contributed by atoms with van der Waals surface area (Å²) in [6.45, 7) is 3.75. The zero-order valence-electron chi connectivity index (χ0n) is 5.59. The Morgan fingerprint density at radius 3 is 2.67 bits per heavy atom. The lowest BCUT2D eigenvalue weighted by atomic mass is 10.2. The van der Waals surface area contributed by atoms with Gasteiger partial charge in [-0.3, -0.25) is 0 Å². The summed E-state index contributed by atoms with van der Waals surface area (Å²) in [6.07, 6.45) is 1.41. The number of rotatable bonds is 1. The summed E-state index contributed by atoms with van der Waals surface area (Å²) in [6, 6.07) is -0.0486. The minimum atomic E-state index is -0.0486. The molecule has 0 bridgehead atoms. The van der Waals surface area contributed by atoms with E-state index in [0.717, 1.165) is 11.5 Å². The molecule has 3 nitrogen and oxygen atoms in total. The first-order chi connectivity index (χ1) is 4.22. The predicted molar refractivity (Wildman–Crippen MR) is 33.8 cm³/mol. The van der Waals surface area contributed by atoms with Crippen LogP contribution in [-0.2, 0) is 0 Å². The quantitative estimate of drug-likeness (QED) is 0.610. The van der Waals surface area contributed by atoms with Crippen LogP contribution in [0.15, 0.2) is 10.8 Å². The van der Waals surface area contributed by atoms with Gasteiger partial charge in [-0.1, -0.05) is 0 Å². The number of oxazole rings is 1. The molecule has 1 aromatic rings. The number of hydrogen-bond donors (Lipinski definition) is 1. The maximum atomic E-state index is 5.53. The molecule has 0 aromatic carbocycles. The first kappa shape index (κ1) is 6.29. The third-order valence-corrected chi connectivity index (χ3v) is 1.20. The molecule has 3 heteroatoms. The van der Waals surface area contributed by atoms with E-state index in [-0.39, 0.29) is 6.04 Å². The third-order valence-electron chi connectivity index (χ3n) is 1.20. The molecule has 1 rings (SSSR count). The van der Waals surface area contributed by atoms with Crippen LogP contribution < -0.4 is 5.73 Å². The van der Waals surface area contributed by atoms with E-state index in [9.17, 15) is 0 Å². The molecule has 50 valence electrons.